The van der Waals surface area contributed by atoms with Crippen molar-refractivity contribution in [2.24, 2.45) is 0 Å². The number of rotatable bonds is 3. The molecule has 0 atom stereocenters. The number of hydrogen-bond acceptors (Lipinski definition) is 4. The highest BCUT2D eigenvalue weighted by atomic mass is 79.9. The molecule has 0 bridgehead atoms. The van der Waals surface area contributed by atoms with Crippen molar-refractivity contribution in [1.82, 2.24) is 4.98 Å². The van der Waals surface area contributed by atoms with E-state index in [1.165, 1.54) is 6.07 Å². The van der Waals surface area contributed by atoms with Crippen LogP contribution in [0.4, 0.5) is 17.1 Å². The quantitative estimate of drug-likeness (QED) is 0.691. The topological polar surface area (TPSA) is 68.1 Å². The molecule has 0 aliphatic carbocycles. The minimum atomic E-state index is -0.418. The molecule has 1 N–H and O–H groups in total. The van der Waals surface area contributed by atoms with Crippen LogP contribution in [0.1, 0.15) is 5.56 Å². The molecule has 0 aliphatic heterocycles. The van der Waals surface area contributed by atoms with Gasteiger partial charge in [0.25, 0.3) is 5.69 Å². The Bertz CT molecular complexity index is 602. The molecule has 0 fully saturated rings. The molecule has 0 amide bonds. The van der Waals surface area contributed by atoms with Crippen LogP contribution < -0.4 is 5.32 Å². The normalized spacial score (nSPS) is 10.1. The Morgan fingerprint density at radius 1 is 1.33 bits per heavy atom. The molecule has 6 heteroatoms. The summed E-state index contributed by atoms with van der Waals surface area (Å²) in [6.45, 7) is 1.91. The predicted molar refractivity (Wildman–Crippen MR) is 73.1 cm³/mol. The van der Waals surface area contributed by atoms with Gasteiger partial charge in [-0.15, -0.1) is 0 Å². The molecule has 92 valence electrons. The summed E-state index contributed by atoms with van der Waals surface area (Å²) in [6, 6.07) is 6.72. The second-order valence-corrected chi connectivity index (χ2v) is 4.65. The third-order valence-corrected chi connectivity index (χ3v) is 2.96. The fraction of sp³-hybridized carbons (Fsp3) is 0.0833. The second kappa shape index (κ2) is 5.14. The van der Waals surface area contributed by atoms with Crippen LogP contribution in [0, 0.1) is 17.0 Å². The van der Waals surface area contributed by atoms with Crippen molar-refractivity contribution in [1.29, 1.82) is 0 Å². The lowest BCUT2D eigenvalue weighted by atomic mass is 10.2. The van der Waals surface area contributed by atoms with E-state index in [4.69, 9.17) is 0 Å². The number of aryl methyl sites for hydroxylation is 1. The van der Waals surface area contributed by atoms with E-state index in [9.17, 15) is 10.1 Å². The van der Waals surface area contributed by atoms with E-state index in [0.717, 1.165) is 11.3 Å². The Hall–Kier alpha value is -1.95. The average Bonchev–Trinajstić information content (AvgIpc) is 2.34. The zero-order valence-corrected chi connectivity index (χ0v) is 11.1. The summed E-state index contributed by atoms with van der Waals surface area (Å²) in [7, 11) is 0. The van der Waals surface area contributed by atoms with Gasteiger partial charge in [-0.1, -0.05) is 15.9 Å². The highest BCUT2D eigenvalue weighted by Gasteiger charge is 2.14. The number of nitro groups is 1. The zero-order chi connectivity index (χ0) is 13.1. The van der Waals surface area contributed by atoms with E-state index in [0.29, 0.717) is 10.2 Å². The minimum Gasteiger partial charge on any atom is -0.348 e. The number of aromatic nitrogens is 1. The van der Waals surface area contributed by atoms with Crippen molar-refractivity contribution >= 4 is 33.0 Å². The second-order valence-electron chi connectivity index (χ2n) is 3.73. The van der Waals surface area contributed by atoms with Gasteiger partial charge in [0.05, 0.1) is 16.8 Å². The molecule has 5 nitrogen and oxygen atoms in total. The van der Waals surface area contributed by atoms with Crippen molar-refractivity contribution in [3.63, 3.8) is 0 Å². The van der Waals surface area contributed by atoms with Crippen molar-refractivity contribution in [2.75, 3.05) is 5.32 Å². The molecule has 1 heterocycles. The van der Waals surface area contributed by atoms with Gasteiger partial charge in [0.2, 0.25) is 0 Å². The largest absolute Gasteiger partial charge is 0.348 e. The third kappa shape index (κ3) is 2.65. The third-order valence-electron chi connectivity index (χ3n) is 2.46. The molecular weight excluding hydrogens is 298 g/mol. The van der Waals surface area contributed by atoms with Gasteiger partial charge < -0.3 is 5.32 Å². The summed E-state index contributed by atoms with van der Waals surface area (Å²) < 4.78 is 0.669. The molecule has 0 aliphatic rings. The Morgan fingerprint density at radius 3 is 2.78 bits per heavy atom. The van der Waals surface area contributed by atoms with Crippen LogP contribution in [0.15, 0.2) is 41.1 Å². The number of benzene rings is 1. The Balaban J connectivity index is 2.41. The molecule has 1 aromatic carbocycles. The van der Waals surface area contributed by atoms with Crippen LogP contribution in [-0.4, -0.2) is 9.91 Å². The minimum absolute atomic E-state index is 0.0210. The van der Waals surface area contributed by atoms with E-state index in [2.05, 4.69) is 26.2 Å². The predicted octanol–water partition coefficient (Wildman–Crippen LogP) is 3.80. The lowest BCUT2D eigenvalue weighted by Gasteiger charge is -2.09. The molecule has 2 aromatic rings. The summed E-state index contributed by atoms with van der Waals surface area (Å²) >= 11 is 3.22. The van der Waals surface area contributed by atoms with Crippen LogP contribution >= 0.6 is 15.9 Å². The smallest absolute Gasteiger partial charge is 0.293 e. The fourth-order valence-electron chi connectivity index (χ4n) is 1.50. The van der Waals surface area contributed by atoms with Gasteiger partial charge in [-0.3, -0.25) is 15.1 Å². The number of hydrogen-bond donors (Lipinski definition) is 1. The Labute approximate surface area is 112 Å². The lowest BCUT2D eigenvalue weighted by Crippen LogP contribution is -1.98. The molecule has 1 aromatic heterocycles. The molecule has 0 spiro atoms. The SMILES string of the molecule is Cc1ccncc1Nc1ccc(Br)cc1[N+](=O)[O-]. The molecular formula is C12H10BrN3O2. The van der Waals surface area contributed by atoms with Crippen LogP contribution in [0.2, 0.25) is 0 Å². The van der Waals surface area contributed by atoms with Gasteiger partial charge in [-0.25, -0.2) is 0 Å². The van der Waals surface area contributed by atoms with Crippen LogP contribution in [-0.2, 0) is 0 Å². The van der Waals surface area contributed by atoms with Crippen molar-refractivity contribution in [3.05, 3.63) is 56.8 Å². The van der Waals surface area contributed by atoms with E-state index >= 15 is 0 Å². The Morgan fingerprint density at radius 2 is 2.11 bits per heavy atom. The molecule has 0 radical (unpaired) electrons. The monoisotopic (exact) mass is 307 g/mol. The maximum atomic E-state index is 11.0. The highest BCUT2D eigenvalue weighted by molar-refractivity contribution is 9.10. The first-order valence-electron chi connectivity index (χ1n) is 5.19. The van der Waals surface area contributed by atoms with Gasteiger partial charge >= 0.3 is 0 Å². The van der Waals surface area contributed by atoms with E-state index < -0.39 is 4.92 Å². The molecule has 0 unspecified atom stereocenters. The summed E-state index contributed by atoms with van der Waals surface area (Å²) in [6.07, 6.45) is 3.32. The van der Waals surface area contributed by atoms with Crippen molar-refractivity contribution in [3.8, 4) is 0 Å². The maximum absolute atomic E-state index is 11.0. The number of halogens is 1. The van der Waals surface area contributed by atoms with Crippen molar-refractivity contribution < 1.29 is 4.92 Å². The number of nitrogens with one attached hydrogen (secondary N) is 1. The van der Waals surface area contributed by atoms with Gasteiger partial charge in [0.1, 0.15) is 5.69 Å². The first-order chi connectivity index (χ1) is 8.58. The van der Waals surface area contributed by atoms with Crippen molar-refractivity contribution in [2.45, 2.75) is 6.92 Å². The number of nitrogens with zero attached hydrogens (tertiary/aromatic N) is 2. The molecule has 0 saturated heterocycles. The maximum Gasteiger partial charge on any atom is 0.293 e. The standard InChI is InChI=1S/C12H10BrN3O2/c1-8-4-5-14-7-11(8)15-10-3-2-9(13)6-12(10)16(17)18/h2-7,15H,1H3. The van der Waals surface area contributed by atoms with E-state index in [-0.39, 0.29) is 5.69 Å². The highest BCUT2D eigenvalue weighted by Crippen LogP contribution is 2.31. The van der Waals surface area contributed by atoms with E-state index in [1.54, 1.807) is 24.5 Å². The number of anilines is 2. The average molecular weight is 308 g/mol. The Kier molecular flexibility index (Phi) is 3.57. The van der Waals surface area contributed by atoms with Gasteiger partial charge in [-0.2, -0.15) is 0 Å². The number of pyridine rings is 1. The summed E-state index contributed by atoms with van der Waals surface area (Å²) in [5.74, 6) is 0. The number of nitro benzene ring substituents is 1. The molecule has 2 rings (SSSR count). The summed E-state index contributed by atoms with van der Waals surface area (Å²) in [5, 5.41) is 14.0. The van der Waals surface area contributed by atoms with Crippen LogP contribution in [0.5, 0.6) is 0 Å². The summed E-state index contributed by atoms with van der Waals surface area (Å²) in [5.41, 5.74) is 2.19. The van der Waals surface area contributed by atoms with Crippen LogP contribution in [0.3, 0.4) is 0 Å². The van der Waals surface area contributed by atoms with Crippen LogP contribution in [0.25, 0.3) is 0 Å². The first kappa shape index (κ1) is 12.5. The van der Waals surface area contributed by atoms with Gasteiger partial charge in [0, 0.05) is 16.7 Å². The lowest BCUT2D eigenvalue weighted by molar-refractivity contribution is -0.384. The first-order valence-corrected chi connectivity index (χ1v) is 5.99. The molecule has 0 saturated carbocycles. The van der Waals surface area contributed by atoms with Gasteiger partial charge in [-0.05, 0) is 30.7 Å². The molecule has 18 heavy (non-hydrogen) atoms. The fourth-order valence-corrected chi connectivity index (χ4v) is 1.85. The zero-order valence-electron chi connectivity index (χ0n) is 9.55. The van der Waals surface area contributed by atoms with Gasteiger partial charge in [0.15, 0.2) is 0 Å². The van der Waals surface area contributed by atoms with E-state index in [1.807, 2.05) is 13.0 Å². The summed E-state index contributed by atoms with van der Waals surface area (Å²) in [4.78, 5) is 14.6.